The molecule has 0 atom stereocenters. The van der Waals surface area contributed by atoms with Crippen LogP contribution < -0.4 is 10.1 Å². The molecule has 5 nitrogen and oxygen atoms in total. The molecule has 0 unspecified atom stereocenters. The Labute approximate surface area is 98.7 Å². The van der Waals surface area contributed by atoms with Gasteiger partial charge in [-0.2, -0.15) is 10.2 Å². The summed E-state index contributed by atoms with van der Waals surface area (Å²) in [7, 11) is 3.28. The number of rotatable bonds is 3. The molecule has 2 rings (SSSR count). The second-order valence-electron chi connectivity index (χ2n) is 3.29. The lowest BCUT2D eigenvalue weighted by atomic mass is 10.2. The van der Waals surface area contributed by atoms with E-state index in [0.717, 1.165) is 11.3 Å². The second kappa shape index (κ2) is 4.58. The maximum absolute atomic E-state index is 8.86. The molecule has 1 aromatic heterocycles. The van der Waals surface area contributed by atoms with Crippen molar-refractivity contribution < 1.29 is 9.15 Å². The lowest BCUT2D eigenvalue weighted by Gasteiger charge is -1.99. The Hall–Kier alpha value is -2.48. The van der Waals surface area contributed by atoms with E-state index >= 15 is 0 Å². The zero-order valence-electron chi connectivity index (χ0n) is 9.52. The molecule has 1 heterocycles. The zero-order valence-corrected chi connectivity index (χ0v) is 9.52. The third kappa shape index (κ3) is 2.06. The summed E-state index contributed by atoms with van der Waals surface area (Å²) in [5, 5.41) is 11.6. The molecule has 17 heavy (non-hydrogen) atoms. The smallest absolute Gasteiger partial charge is 0.232 e. The van der Waals surface area contributed by atoms with Gasteiger partial charge in [-0.25, -0.2) is 0 Å². The summed E-state index contributed by atoms with van der Waals surface area (Å²) in [6.45, 7) is 0. The van der Waals surface area contributed by atoms with E-state index in [2.05, 4.69) is 10.3 Å². The highest BCUT2D eigenvalue weighted by molar-refractivity contribution is 5.59. The van der Waals surface area contributed by atoms with Crippen molar-refractivity contribution in [2.24, 2.45) is 0 Å². The highest BCUT2D eigenvalue weighted by atomic mass is 16.5. The number of ether oxygens (including phenoxy) is 1. The fraction of sp³-hybridized carbons (Fsp3) is 0.167. The molecule has 2 aromatic rings. The molecule has 0 fully saturated rings. The third-order valence-corrected chi connectivity index (χ3v) is 2.30. The quantitative estimate of drug-likeness (QED) is 0.874. The van der Waals surface area contributed by atoms with Crippen molar-refractivity contribution in [1.29, 1.82) is 5.26 Å². The van der Waals surface area contributed by atoms with Gasteiger partial charge in [-0.1, -0.05) is 0 Å². The molecule has 1 N–H and O–H groups in total. The summed E-state index contributed by atoms with van der Waals surface area (Å²) in [5.74, 6) is 1.54. The molecular weight excluding hydrogens is 218 g/mol. The first kappa shape index (κ1) is 11.0. The van der Waals surface area contributed by atoms with Crippen LogP contribution in [0.25, 0.3) is 11.5 Å². The van der Waals surface area contributed by atoms with Crippen LogP contribution in [0.15, 0.2) is 28.7 Å². The number of nitriles is 1. The molecule has 0 bridgehead atoms. The van der Waals surface area contributed by atoms with Gasteiger partial charge in [-0.15, -0.1) is 0 Å². The van der Waals surface area contributed by atoms with Gasteiger partial charge in [0.2, 0.25) is 17.5 Å². The van der Waals surface area contributed by atoms with Crippen molar-refractivity contribution in [3.8, 4) is 23.3 Å². The average Bonchev–Trinajstić information content (AvgIpc) is 2.82. The molecule has 0 aliphatic heterocycles. The summed E-state index contributed by atoms with van der Waals surface area (Å²) in [6.07, 6.45) is 0. The number of benzene rings is 1. The van der Waals surface area contributed by atoms with Crippen molar-refractivity contribution in [1.82, 2.24) is 4.98 Å². The monoisotopic (exact) mass is 229 g/mol. The van der Waals surface area contributed by atoms with E-state index in [-0.39, 0.29) is 5.69 Å². The predicted octanol–water partition coefficient (Wildman–Crippen LogP) is 2.26. The standard InChI is InChI=1S/C12H11N3O2/c1-14-12-10(7-13)15-11(17-12)8-3-5-9(16-2)6-4-8/h3-6,14H,1-2H3. The minimum absolute atomic E-state index is 0.248. The van der Waals surface area contributed by atoms with Crippen LogP contribution >= 0.6 is 0 Å². The Bertz CT molecular complexity index is 552. The Morgan fingerprint density at radius 1 is 1.35 bits per heavy atom. The van der Waals surface area contributed by atoms with Gasteiger partial charge in [0.25, 0.3) is 0 Å². The molecule has 0 aliphatic rings. The van der Waals surface area contributed by atoms with Crippen LogP contribution in [0, 0.1) is 11.3 Å². The summed E-state index contributed by atoms with van der Waals surface area (Å²) in [4.78, 5) is 4.09. The fourth-order valence-corrected chi connectivity index (χ4v) is 1.42. The van der Waals surface area contributed by atoms with E-state index in [1.807, 2.05) is 30.3 Å². The normalized spacial score (nSPS) is 9.71. The molecule has 0 spiro atoms. The first-order valence-corrected chi connectivity index (χ1v) is 5.01. The minimum atomic E-state index is 0.248. The molecule has 0 saturated heterocycles. The Morgan fingerprint density at radius 3 is 2.53 bits per heavy atom. The van der Waals surface area contributed by atoms with E-state index < -0.39 is 0 Å². The van der Waals surface area contributed by atoms with Crippen molar-refractivity contribution in [2.45, 2.75) is 0 Å². The van der Waals surface area contributed by atoms with Gasteiger partial charge in [-0.3, -0.25) is 0 Å². The van der Waals surface area contributed by atoms with Crippen molar-refractivity contribution in [3.63, 3.8) is 0 Å². The molecule has 1 aromatic carbocycles. The number of anilines is 1. The van der Waals surface area contributed by atoms with Gasteiger partial charge in [0.15, 0.2) is 0 Å². The maximum atomic E-state index is 8.86. The van der Waals surface area contributed by atoms with E-state index in [0.29, 0.717) is 11.8 Å². The highest BCUT2D eigenvalue weighted by Gasteiger charge is 2.12. The van der Waals surface area contributed by atoms with Crippen LogP contribution in [0.1, 0.15) is 5.69 Å². The molecule has 0 radical (unpaired) electrons. The second-order valence-corrected chi connectivity index (χ2v) is 3.29. The van der Waals surface area contributed by atoms with Gasteiger partial charge >= 0.3 is 0 Å². The molecule has 5 heteroatoms. The summed E-state index contributed by atoms with van der Waals surface area (Å²) in [5.41, 5.74) is 1.04. The van der Waals surface area contributed by atoms with Crippen molar-refractivity contribution in [2.75, 3.05) is 19.5 Å². The van der Waals surface area contributed by atoms with Crippen molar-refractivity contribution in [3.05, 3.63) is 30.0 Å². The Morgan fingerprint density at radius 2 is 2.06 bits per heavy atom. The number of nitrogens with zero attached hydrogens (tertiary/aromatic N) is 2. The van der Waals surface area contributed by atoms with Gasteiger partial charge < -0.3 is 14.5 Å². The largest absolute Gasteiger partial charge is 0.497 e. The zero-order chi connectivity index (χ0) is 12.3. The molecule has 0 aliphatic carbocycles. The summed E-state index contributed by atoms with van der Waals surface area (Å²) in [6, 6.07) is 9.24. The summed E-state index contributed by atoms with van der Waals surface area (Å²) >= 11 is 0. The Kier molecular flexibility index (Phi) is 2.97. The SMILES string of the molecule is CNc1oc(-c2ccc(OC)cc2)nc1C#N. The number of methoxy groups -OCH3 is 1. The topological polar surface area (TPSA) is 71.1 Å². The third-order valence-electron chi connectivity index (χ3n) is 2.30. The minimum Gasteiger partial charge on any atom is -0.497 e. The number of nitrogens with one attached hydrogen (secondary N) is 1. The number of oxazole rings is 1. The predicted molar refractivity (Wildman–Crippen MR) is 62.8 cm³/mol. The van der Waals surface area contributed by atoms with Crippen molar-refractivity contribution >= 4 is 5.88 Å². The first-order valence-electron chi connectivity index (χ1n) is 5.01. The van der Waals surface area contributed by atoms with Crippen LogP contribution in [0.3, 0.4) is 0 Å². The van der Waals surface area contributed by atoms with Crippen LogP contribution in [-0.4, -0.2) is 19.1 Å². The molecule has 0 amide bonds. The summed E-state index contributed by atoms with van der Waals surface area (Å²) < 4.78 is 10.5. The number of aromatic nitrogens is 1. The number of hydrogen-bond acceptors (Lipinski definition) is 5. The van der Waals surface area contributed by atoms with Crippen LogP contribution in [-0.2, 0) is 0 Å². The van der Waals surface area contributed by atoms with E-state index in [4.69, 9.17) is 14.4 Å². The Balaban J connectivity index is 2.39. The van der Waals surface area contributed by atoms with Crippen LogP contribution in [0.4, 0.5) is 5.88 Å². The fourth-order valence-electron chi connectivity index (χ4n) is 1.42. The highest BCUT2D eigenvalue weighted by Crippen LogP contribution is 2.26. The van der Waals surface area contributed by atoms with E-state index in [1.54, 1.807) is 14.2 Å². The molecular formula is C12H11N3O2. The van der Waals surface area contributed by atoms with Gasteiger partial charge in [-0.05, 0) is 24.3 Å². The van der Waals surface area contributed by atoms with E-state index in [9.17, 15) is 0 Å². The van der Waals surface area contributed by atoms with Gasteiger partial charge in [0, 0.05) is 12.6 Å². The molecule has 0 saturated carbocycles. The maximum Gasteiger partial charge on any atom is 0.232 e. The van der Waals surface area contributed by atoms with E-state index in [1.165, 1.54) is 0 Å². The first-order chi connectivity index (χ1) is 8.28. The molecule has 86 valence electrons. The average molecular weight is 229 g/mol. The van der Waals surface area contributed by atoms with Crippen LogP contribution in [0.5, 0.6) is 5.75 Å². The van der Waals surface area contributed by atoms with Gasteiger partial charge in [0.05, 0.1) is 7.11 Å². The van der Waals surface area contributed by atoms with Crippen LogP contribution in [0.2, 0.25) is 0 Å². The number of hydrogen-bond donors (Lipinski definition) is 1. The lowest BCUT2D eigenvalue weighted by Crippen LogP contribution is -1.87. The van der Waals surface area contributed by atoms with Gasteiger partial charge in [0.1, 0.15) is 11.8 Å². The lowest BCUT2D eigenvalue weighted by molar-refractivity contribution is 0.415.